The van der Waals surface area contributed by atoms with Crippen LogP contribution < -0.4 is 26.4 Å². The highest BCUT2D eigenvalue weighted by Gasteiger charge is 2.58. The van der Waals surface area contributed by atoms with Gasteiger partial charge in [-0.1, -0.05) is 5.16 Å². The van der Waals surface area contributed by atoms with Gasteiger partial charge in [0.25, 0.3) is 17.4 Å². The molecule has 5 rings (SSSR count). The number of nitrogens with zero attached hydrogens (tertiary/aromatic N) is 4. The van der Waals surface area contributed by atoms with Crippen LogP contribution in [0.4, 0.5) is 5.13 Å². The van der Waals surface area contributed by atoms with Gasteiger partial charge in [-0.3, -0.25) is 19.1 Å². The number of fused-ring (bicyclic) bond motifs is 1. The molecule has 0 saturated carbocycles. The fourth-order valence-electron chi connectivity index (χ4n) is 5.46. The number of benzene rings is 1. The van der Waals surface area contributed by atoms with Crippen molar-refractivity contribution in [3.8, 4) is 5.75 Å². The van der Waals surface area contributed by atoms with Crippen molar-refractivity contribution < 1.29 is 46.3 Å². The summed E-state index contributed by atoms with van der Waals surface area (Å²) in [5, 5.41) is 24.9. The summed E-state index contributed by atoms with van der Waals surface area (Å²) in [6, 6.07) is 4.38. The van der Waals surface area contributed by atoms with Crippen LogP contribution in [0.5, 0.6) is 5.75 Å². The number of rotatable bonds is 13. The monoisotopic (exact) mass is 708 g/mol. The van der Waals surface area contributed by atoms with Gasteiger partial charge in [-0.2, -0.15) is 13.5 Å². The van der Waals surface area contributed by atoms with Gasteiger partial charge >= 0.3 is 16.4 Å². The normalized spacial score (nSPS) is 23.1. The van der Waals surface area contributed by atoms with Crippen LogP contribution in [0.1, 0.15) is 50.4 Å². The summed E-state index contributed by atoms with van der Waals surface area (Å²) in [5.41, 5.74) is 3.42. The van der Waals surface area contributed by atoms with Crippen LogP contribution in [-0.4, -0.2) is 107 Å². The van der Waals surface area contributed by atoms with E-state index in [9.17, 15) is 27.9 Å². The fourth-order valence-corrected chi connectivity index (χ4v) is 6.46. The van der Waals surface area contributed by atoms with E-state index in [1.165, 1.54) is 26.2 Å². The topological polar surface area (TPSA) is 256 Å². The zero-order valence-electron chi connectivity index (χ0n) is 26.4. The second-order valence-electron chi connectivity index (χ2n) is 12.1. The number of carbonyl (C=O) groups excluding carboxylic acids is 2. The Morgan fingerprint density at radius 2 is 2.10 bits per heavy atom. The lowest BCUT2D eigenvalue weighted by Gasteiger charge is -2.50. The number of nitrogens with one attached hydrogen (secondary N) is 3. The first-order valence-electron chi connectivity index (χ1n) is 14.8. The summed E-state index contributed by atoms with van der Waals surface area (Å²) >= 11 is 0.973. The van der Waals surface area contributed by atoms with Crippen LogP contribution in [-0.2, 0) is 40.3 Å². The molecule has 0 spiro atoms. The van der Waals surface area contributed by atoms with E-state index in [-0.39, 0.29) is 23.3 Å². The first kappa shape index (κ1) is 35.0. The molecule has 3 aliphatic rings. The molecule has 3 aliphatic heterocycles. The van der Waals surface area contributed by atoms with Gasteiger partial charge in [0.05, 0.1) is 11.6 Å². The average molecular weight is 709 g/mol. The number of thiazole rings is 1. The SMILES string of the molecule is CNCC[C@@H]1CNC(c2ccc3c(c2)CC[C@H]([C@](C)(O/N=C(\C(=O)N[C@@H]2C(=O)N(OS(=O)(=O)O)C2(C)C)c2csc(N)n2)C(=O)O)O3)=N1. The number of anilines is 1. The Morgan fingerprint density at radius 3 is 2.73 bits per heavy atom. The summed E-state index contributed by atoms with van der Waals surface area (Å²) in [4.78, 5) is 53.1. The number of aliphatic imine (C=N–C) groups is 1. The smallest absolute Gasteiger partial charge is 0.418 e. The molecular formula is C28H36N8O10S2. The van der Waals surface area contributed by atoms with Crippen LogP contribution >= 0.6 is 11.3 Å². The van der Waals surface area contributed by atoms with Crippen molar-refractivity contribution in [1.82, 2.24) is 26.0 Å². The second kappa shape index (κ2) is 13.3. The van der Waals surface area contributed by atoms with Crippen molar-refractivity contribution in [2.75, 3.05) is 25.9 Å². The highest BCUT2D eigenvalue weighted by atomic mass is 32.3. The van der Waals surface area contributed by atoms with Crippen molar-refractivity contribution in [3.05, 3.63) is 40.4 Å². The molecule has 0 radical (unpaired) electrons. The molecule has 7 N–H and O–H groups in total. The number of nitrogens with two attached hydrogens (primary N) is 1. The van der Waals surface area contributed by atoms with E-state index < -0.39 is 57.2 Å². The molecule has 0 aliphatic carbocycles. The van der Waals surface area contributed by atoms with Crippen LogP contribution in [0.25, 0.3) is 0 Å². The van der Waals surface area contributed by atoms with Crippen molar-refractivity contribution in [3.63, 3.8) is 0 Å². The lowest BCUT2D eigenvalue weighted by atomic mass is 9.84. The number of aliphatic carboxylic acids is 1. The van der Waals surface area contributed by atoms with Gasteiger partial charge in [0.1, 0.15) is 23.3 Å². The number of hydroxylamine groups is 2. The maximum absolute atomic E-state index is 13.4. The number of oxime groups is 1. The van der Waals surface area contributed by atoms with Gasteiger partial charge in [0.15, 0.2) is 16.9 Å². The number of carboxylic acids is 1. The van der Waals surface area contributed by atoms with Crippen molar-refractivity contribution in [2.24, 2.45) is 10.1 Å². The molecule has 4 heterocycles. The number of carbonyl (C=O) groups is 3. The molecule has 1 saturated heterocycles. The quantitative estimate of drug-likeness (QED) is 0.0685. The number of ether oxygens (including phenoxy) is 1. The summed E-state index contributed by atoms with van der Waals surface area (Å²) in [5.74, 6) is -2.16. The van der Waals surface area contributed by atoms with Gasteiger partial charge in [-0.15, -0.1) is 15.6 Å². The largest absolute Gasteiger partial charge is 0.485 e. The number of aryl methyl sites for hydroxylation is 1. The third kappa shape index (κ3) is 7.06. The maximum atomic E-state index is 13.4. The average Bonchev–Trinajstić information content (AvgIpc) is 3.69. The molecule has 0 unspecified atom stereocenters. The number of amidine groups is 1. The number of aromatic nitrogens is 1. The Hall–Kier alpha value is -4.37. The van der Waals surface area contributed by atoms with E-state index in [1.807, 2.05) is 19.2 Å². The summed E-state index contributed by atoms with van der Waals surface area (Å²) < 4.78 is 41.8. The van der Waals surface area contributed by atoms with E-state index in [4.69, 9.17) is 24.9 Å². The third-order valence-corrected chi connectivity index (χ3v) is 9.30. The number of hydrogen-bond acceptors (Lipinski definition) is 15. The molecule has 20 heteroatoms. The van der Waals surface area contributed by atoms with E-state index in [2.05, 4.69) is 30.4 Å². The highest BCUT2D eigenvalue weighted by molar-refractivity contribution is 7.80. The number of β-lactam (4-membered cyclic amide) rings is 1. The molecule has 2 amide bonds. The van der Waals surface area contributed by atoms with Gasteiger partial charge in [-0.05, 0) is 77.4 Å². The zero-order valence-corrected chi connectivity index (χ0v) is 28.1. The predicted octanol–water partition coefficient (Wildman–Crippen LogP) is -0.149. The Kier molecular flexibility index (Phi) is 9.66. The molecule has 1 aromatic carbocycles. The van der Waals surface area contributed by atoms with Crippen LogP contribution in [0.3, 0.4) is 0 Å². The molecule has 2 aromatic rings. The van der Waals surface area contributed by atoms with E-state index >= 15 is 0 Å². The first-order chi connectivity index (χ1) is 22.5. The Balaban J connectivity index is 1.34. The summed E-state index contributed by atoms with van der Waals surface area (Å²) in [7, 11) is -3.13. The Labute approximate surface area is 279 Å². The molecule has 1 aromatic heterocycles. The fraction of sp³-hybridized carbons (Fsp3) is 0.500. The minimum Gasteiger partial charge on any atom is -0.485 e. The number of hydrogen-bond donors (Lipinski definition) is 6. The van der Waals surface area contributed by atoms with Crippen LogP contribution in [0.15, 0.2) is 33.7 Å². The van der Waals surface area contributed by atoms with Crippen molar-refractivity contribution in [1.29, 1.82) is 0 Å². The highest BCUT2D eigenvalue weighted by Crippen LogP contribution is 2.35. The number of carboxylic acid groups (broad SMARTS) is 1. The Morgan fingerprint density at radius 1 is 1.35 bits per heavy atom. The second-order valence-corrected chi connectivity index (χ2v) is 14.0. The standard InChI is InChI=1S/C28H36N8O10S2/c1-27(2)21(24(38)36(27)46-48(41,42)43)34-23(37)20(17-13-47-26(29)33-17)35-45-28(3,25(39)40)19-8-6-14-11-15(5-7-18(14)44-19)22-31-12-16(32-22)9-10-30-4/h5,7,11,13,16,19,21,30H,6,8-10,12H2,1-4H3,(H2,29,33)(H,31,32)(H,34,37)(H,39,40)(H,41,42,43)/b35-20-/t16-,19-,21-,28+/m1/s1. The van der Waals surface area contributed by atoms with Gasteiger partial charge in [-0.25, -0.2) is 9.78 Å². The lowest BCUT2D eigenvalue weighted by molar-refractivity contribution is -0.218. The third-order valence-electron chi connectivity index (χ3n) is 8.29. The maximum Gasteiger partial charge on any atom is 0.418 e. The zero-order chi connectivity index (χ0) is 35.0. The molecular weight excluding hydrogens is 672 g/mol. The van der Waals surface area contributed by atoms with Gasteiger partial charge < -0.3 is 36.4 Å². The number of nitrogen functional groups attached to an aromatic ring is 1. The van der Waals surface area contributed by atoms with Crippen LogP contribution in [0, 0.1) is 0 Å². The van der Waals surface area contributed by atoms with Crippen molar-refractivity contribution >= 4 is 56.2 Å². The molecule has 1 fully saturated rings. The van der Waals surface area contributed by atoms with E-state index in [0.29, 0.717) is 17.2 Å². The van der Waals surface area contributed by atoms with E-state index in [0.717, 1.165) is 47.8 Å². The summed E-state index contributed by atoms with van der Waals surface area (Å²) in [6.07, 6.45) is 0.559. The first-order valence-corrected chi connectivity index (χ1v) is 17.1. The molecule has 48 heavy (non-hydrogen) atoms. The van der Waals surface area contributed by atoms with Crippen LogP contribution in [0.2, 0.25) is 0 Å². The lowest BCUT2D eigenvalue weighted by Crippen LogP contribution is -2.76. The minimum absolute atomic E-state index is 0.0677. The predicted molar refractivity (Wildman–Crippen MR) is 172 cm³/mol. The van der Waals surface area contributed by atoms with Gasteiger partial charge in [0, 0.05) is 17.5 Å². The summed E-state index contributed by atoms with van der Waals surface area (Å²) in [6.45, 7) is 5.61. The van der Waals surface area contributed by atoms with Crippen molar-refractivity contribution in [2.45, 2.75) is 69.4 Å². The van der Waals surface area contributed by atoms with E-state index in [1.54, 1.807) is 6.07 Å². The molecule has 18 nitrogen and oxygen atoms in total. The molecule has 0 bridgehead atoms. The molecule has 4 atom stereocenters. The molecule has 260 valence electrons. The van der Waals surface area contributed by atoms with Gasteiger partial charge in [0.2, 0.25) is 0 Å². The Bertz CT molecular complexity index is 1780. The number of amides is 2. The minimum atomic E-state index is -5.02.